The van der Waals surface area contributed by atoms with E-state index in [-0.39, 0.29) is 11.6 Å². The van der Waals surface area contributed by atoms with Crippen LogP contribution in [-0.4, -0.2) is 15.0 Å². The summed E-state index contributed by atoms with van der Waals surface area (Å²) in [6, 6.07) is 4.09. The Morgan fingerprint density at radius 2 is 2.36 bits per heavy atom. The maximum absolute atomic E-state index is 12.7. The van der Waals surface area contributed by atoms with E-state index in [2.05, 4.69) is 35.2 Å². The van der Waals surface area contributed by atoms with Crippen LogP contribution in [0, 0.1) is 5.92 Å². The number of pyridine rings is 1. The molecule has 3 aromatic heterocycles. The molecule has 0 fully saturated rings. The van der Waals surface area contributed by atoms with Gasteiger partial charge in [-0.1, -0.05) is 13.0 Å². The van der Waals surface area contributed by atoms with Gasteiger partial charge in [-0.25, -0.2) is 4.98 Å². The van der Waals surface area contributed by atoms with Crippen molar-refractivity contribution in [2.24, 2.45) is 5.92 Å². The van der Waals surface area contributed by atoms with Crippen molar-refractivity contribution < 1.29 is 5.32 Å². The third-order valence-electron chi connectivity index (χ3n) is 5.04. The number of aromatic amines is 1. The molecule has 25 heavy (non-hydrogen) atoms. The van der Waals surface area contributed by atoms with Crippen LogP contribution in [0.1, 0.15) is 48.1 Å². The minimum atomic E-state index is 0.0219. The largest absolute Gasteiger partial charge is 0.334 e. The van der Waals surface area contributed by atoms with Crippen molar-refractivity contribution in [3.05, 3.63) is 56.7 Å². The van der Waals surface area contributed by atoms with Gasteiger partial charge in [-0.3, -0.25) is 9.78 Å². The highest BCUT2D eigenvalue weighted by Crippen LogP contribution is 2.35. The van der Waals surface area contributed by atoms with Crippen LogP contribution in [0.25, 0.3) is 10.2 Å². The number of hydrogen-bond donors (Lipinski definition) is 2. The molecule has 0 saturated carbocycles. The Balaban J connectivity index is 1.61. The second-order valence-corrected chi connectivity index (χ2v) is 8.16. The molecule has 0 aromatic carbocycles. The van der Waals surface area contributed by atoms with E-state index in [0.29, 0.717) is 5.92 Å². The molecule has 0 amide bonds. The quantitative estimate of drug-likeness (QED) is 0.754. The highest BCUT2D eigenvalue weighted by Gasteiger charge is 2.24. The summed E-state index contributed by atoms with van der Waals surface area (Å²) in [6.45, 7) is 5.18. The molecule has 0 saturated heterocycles. The molecular weight excluding hydrogens is 332 g/mol. The van der Waals surface area contributed by atoms with Crippen LogP contribution < -0.4 is 10.9 Å². The van der Waals surface area contributed by atoms with Gasteiger partial charge in [0.2, 0.25) is 0 Å². The highest BCUT2D eigenvalue weighted by atomic mass is 32.1. The van der Waals surface area contributed by atoms with Crippen molar-refractivity contribution in [1.29, 1.82) is 0 Å². The van der Waals surface area contributed by atoms with Crippen molar-refractivity contribution in [2.75, 3.05) is 0 Å². The molecule has 3 aromatic rings. The van der Waals surface area contributed by atoms with Gasteiger partial charge in [0, 0.05) is 22.8 Å². The number of rotatable bonds is 4. The van der Waals surface area contributed by atoms with Crippen molar-refractivity contribution in [1.82, 2.24) is 15.0 Å². The minimum Gasteiger partial charge on any atom is -0.334 e. The highest BCUT2D eigenvalue weighted by molar-refractivity contribution is 7.18. The zero-order valence-corrected chi connectivity index (χ0v) is 15.4. The lowest BCUT2D eigenvalue weighted by molar-refractivity contribution is -0.709. The lowest BCUT2D eigenvalue weighted by Crippen LogP contribution is -2.83. The number of nitrogens with zero attached hydrogens (tertiary/aromatic N) is 2. The Bertz CT molecular complexity index is 947. The SMILES string of the molecule is C[C@@H]1CCc2c(sc3nc([C@@H](C)[NH2+]Cc4cccnc4)[nH]c(=O)c23)C1. The van der Waals surface area contributed by atoms with Crippen LogP contribution in [0.4, 0.5) is 0 Å². The number of thiophene rings is 1. The van der Waals surface area contributed by atoms with Crippen LogP contribution >= 0.6 is 11.3 Å². The lowest BCUT2D eigenvalue weighted by Gasteiger charge is -2.17. The van der Waals surface area contributed by atoms with Crippen LogP contribution in [0.2, 0.25) is 0 Å². The van der Waals surface area contributed by atoms with Crippen molar-refractivity contribution in [2.45, 2.75) is 45.7 Å². The maximum Gasteiger partial charge on any atom is 0.260 e. The number of quaternary nitrogens is 1. The summed E-state index contributed by atoms with van der Waals surface area (Å²) in [5, 5.41) is 3.01. The Labute approximate surface area is 150 Å². The molecule has 0 bridgehead atoms. The van der Waals surface area contributed by atoms with Crippen LogP contribution in [0.15, 0.2) is 29.3 Å². The van der Waals surface area contributed by atoms with Gasteiger partial charge in [0.05, 0.1) is 5.39 Å². The average molecular weight is 355 g/mol. The zero-order valence-electron chi connectivity index (χ0n) is 14.6. The molecule has 1 aliphatic rings. The maximum atomic E-state index is 12.7. The first-order chi connectivity index (χ1) is 12.1. The van der Waals surface area contributed by atoms with Gasteiger partial charge in [0.15, 0.2) is 5.82 Å². The molecular formula is C19H23N4OS+. The van der Waals surface area contributed by atoms with Gasteiger partial charge in [0.1, 0.15) is 17.4 Å². The zero-order chi connectivity index (χ0) is 17.4. The van der Waals surface area contributed by atoms with Gasteiger partial charge in [-0.15, -0.1) is 11.3 Å². The minimum absolute atomic E-state index is 0.0219. The first kappa shape index (κ1) is 16.4. The molecule has 0 aliphatic heterocycles. The molecule has 3 heterocycles. The van der Waals surface area contributed by atoms with E-state index in [9.17, 15) is 4.79 Å². The van der Waals surface area contributed by atoms with Gasteiger partial charge in [-0.05, 0) is 43.7 Å². The first-order valence-electron chi connectivity index (χ1n) is 8.88. The van der Waals surface area contributed by atoms with E-state index in [4.69, 9.17) is 4.98 Å². The summed E-state index contributed by atoms with van der Waals surface area (Å²) < 4.78 is 0. The second-order valence-electron chi connectivity index (χ2n) is 7.07. The van der Waals surface area contributed by atoms with Crippen LogP contribution in [0.5, 0.6) is 0 Å². The number of fused-ring (bicyclic) bond motifs is 3. The number of H-pyrrole nitrogens is 1. The van der Waals surface area contributed by atoms with E-state index in [1.807, 2.05) is 12.3 Å². The summed E-state index contributed by atoms with van der Waals surface area (Å²) >= 11 is 1.71. The monoisotopic (exact) mass is 355 g/mol. The molecule has 6 heteroatoms. The molecule has 130 valence electrons. The molecule has 3 N–H and O–H groups in total. The number of nitrogens with one attached hydrogen (secondary N) is 1. The summed E-state index contributed by atoms with van der Waals surface area (Å²) in [6.07, 6.45) is 6.89. The molecule has 5 nitrogen and oxygen atoms in total. The summed E-state index contributed by atoms with van der Waals surface area (Å²) in [5.74, 6) is 1.46. The normalized spacial score (nSPS) is 18.2. The van der Waals surface area contributed by atoms with Gasteiger partial charge >= 0.3 is 0 Å². The van der Waals surface area contributed by atoms with E-state index < -0.39 is 0 Å². The van der Waals surface area contributed by atoms with Gasteiger partial charge in [0.25, 0.3) is 5.56 Å². The molecule has 0 radical (unpaired) electrons. The molecule has 4 rings (SSSR count). The van der Waals surface area contributed by atoms with Crippen molar-refractivity contribution >= 4 is 21.6 Å². The van der Waals surface area contributed by atoms with E-state index in [1.54, 1.807) is 17.5 Å². The fourth-order valence-electron chi connectivity index (χ4n) is 3.52. The Kier molecular flexibility index (Phi) is 4.39. The second kappa shape index (κ2) is 6.69. The summed E-state index contributed by atoms with van der Waals surface area (Å²) in [7, 11) is 0. The average Bonchev–Trinajstić information content (AvgIpc) is 2.98. The van der Waals surface area contributed by atoms with Crippen molar-refractivity contribution in [3.8, 4) is 0 Å². The topological polar surface area (TPSA) is 75.2 Å². The third-order valence-corrected chi connectivity index (χ3v) is 6.19. The number of aryl methyl sites for hydroxylation is 1. The van der Waals surface area contributed by atoms with Gasteiger partial charge < -0.3 is 10.3 Å². The third kappa shape index (κ3) is 3.24. The van der Waals surface area contributed by atoms with E-state index in [0.717, 1.165) is 41.8 Å². The molecule has 0 spiro atoms. The van der Waals surface area contributed by atoms with Gasteiger partial charge in [-0.2, -0.15) is 0 Å². The van der Waals surface area contributed by atoms with E-state index >= 15 is 0 Å². The number of hydrogen-bond acceptors (Lipinski definition) is 4. The molecule has 2 atom stereocenters. The summed E-state index contributed by atoms with van der Waals surface area (Å²) in [4.78, 5) is 26.9. The number of aromatic nitrogens is 3. The Morgan fingerprint density at radius 3 is 3.16 bits per heavy atom. The van der Waals surface area contributed by atoms with Crippen molar-refractivity contribution in [3.63, 3.8) is 0 Å². The van der Waals surface area contributed by atoms with Crippen LogP contribution in [0.3, 0.4) is 0 Å². The fraction of sp³-hybridized carbons (Fsp3) is 0.421. The Morgan fingerprint density at radius 1 is 1.48 bits per heavy atom. The lowest BCUT2D eigenvalue weighted by atomic mass is 9.89. The predicted molar refractivity (Wildman–Crippen MR) is 99.7 cm³/mol. The standard InChI is InChI=1S/C19H22N4OS/c1-11-5-6-14-15(8-11)25-19-16(14)18(24)22-17(23-19)12(2)21-10-13-4-3-7-20-9-13/h3-4,7,9,11-12,21H,5-6,8,10H2,1-2H3,(H,22,23,24)/p+1/t11-,12-/m1/s1. The number of nitrogens with two attached hydrogens (primary N) is 1. The van der Waals surface area contributed by atoms with Crippen LogP contribution in [-0.2, 0) is 19.4 Å². The fourth-order valence-corrected chi connectivity index (χ4v) is 4.91. The predicted octanol–water partition coefficient (Wildman–Crippen LogP) is 2.33. The first-order valence-corrected chi connectivity index (χ1v) is 9.70. The molecule has 1 aliphatic carbocycles. The van der Waals surface area contributed by atoms with E-state index in [1.165, 1.54) is 16.0 Å². The smallest absolute Gasteiger partial charge is 0.260 e. The summed E-state index contributed by atoms with van der Waals surface area (Å²) in [5.41, 5.74) is 2.43. The Hall–Kier alpha value is -2.05. The molecule has 0 unspecified atom stereocenters.